The molecule has 2 atom stereocenters. The van der Waals surface area contributed by atoms with Crippen LogP contribution in [0.2, 0.25) is 5.02 Å². The fourth-order valence-electron chi connectivity index (χ4n) is 3.48. The van der Waals surface area contributed by atoms with Crippen LogP contribution >= 0.6 is 11.6 Å². The maximum atomic E-state index is 12.1. The molecule has 4 rings (SSSR count). The molecule has 0 fully saturated rings. The number of benzene rings is 1. The predicted octanol–water partition coefficient (Wildman–Crippen LogP) is 3.52. The number of halogens is 1. The van der Waals surface area contributed by atoms with Crippen molar-refractivity contribution in [2.45, 2.75) is 38.3 Å². The summed E-state index contributed by atoms with van der Waals surface area (Å²) in [6.45, 7) is 2.63. The molecule has 6 nitrogen and oxygen atoms in total. The van der Waals surface area contributed by atoms with Crippen LogP contribution in [0.5, 0.6) is 0 Å². The molecule has 1 aliphatic rings. The quantitative estimate of drug-likeness (QED) is 0.721. The predicted molar refractivity (Wildman–Crippen MR) is 102 cm³/mol. The first-order valence-corrected chi connectivity index (χ1v) is 9.10. The van der Waals surface area contributed by atoms with Crippen LogP contribution in [0.3, 0.4) is 0 Å². The van der Waals surface area contributed by atoms with E-state index in [0.717, 1.165) is 18.5 Å². The third kappa shape index (κ3) is 3.51. The lowest BCUT2D eigenvalue weighted by molar-refractivity contribution is 0.533. The topological polar surface area (TPSA) is 75.6 Å². The standard InChI is InChI=1S/C19H20ClN5O/c1-12(10-25-11-14(20)9-21-25)17-8-18(26)24-19(23-17)22-16-7-6-13-4-2-3-5-15(13)16/h2-5,8-9,11-12,16H,6-7,10H2,1H3,(H2,22,23,24,26). The highest BCUT2D eigenvalue weighted by molar-refractivity contribution is 6.30. The second-order valence-electron chi connectivity index (χ2n) is 6.73. The van der Waals surface area contributed by atoms with E-state index in [-0.39, 0.29) is 17.5 Å². The highest BCUT2D eigenvalue weighted by Crippen LogP contribution is 2.32. The fourth-order valence-corrected chi connectivity index (χ4v) is 3.64. The van der Waals surface area contributed by atoms with Gasteiger partial charge in [-0.15, -0.1) is 0 Å². The number of aromatic nitrogens is 4. The van der Waals surface area contributed by atoms with Crippen molar-refractivity contribution in [3.8, 4) is 0 Å². The molecule has 7 heteroatoms. The van der Waals surface area contributed by atoms with Gasteiger partial charge < -0.3 is 5.32 Å². The Kier molecular flexibility index (Phi) is 4.51. The third-order valence-corrected chi connectivity index (χ3v) is 4.97. The lowest BCUT2D eigenvalue weighted by Gasteiger charge is -2.16. The van der Waals surface area contributed by atoms with Crippen LogP contribution in [-0.4, -0.2) is 19.7 Å². The van der Waals surface area contributed by atoms with Crippen LogP contribution in [0.15, 0.2) is 47.5 Å². The Morgan fingerprint density at radius 1 is 1.42 bits per heavy atom. The molecule has 0 aliphatic heterocycles. The van der Waals surface area contributed by atoms with Gasteiger partial charge in [-0.25, -0.2) is 4.98 Å². The summed E-state index contributed by atoms with van der Waals surface area (Å²) in [4.78, 5) is 19.6. The average Bonchev–Trinajstić information content (AvgIpc) is 3.21. The van der Waals surface area contributed by atoms with Crippen molar-refractivity contribution in [1.29, 1.82) is 0 Å². The first-order valence-electron chi connectivity index (χ1n) is 8.72. The van der Waals surface area contributed by atoms with Gasteiger partial charge in [-0.2, -0.15) is 5.10 Å². The summed E-state index contributed by atoms with van der Waals surface area (Å²) in [5, 5.41) is 8.18. The van der Waals surface area contributed by atoms with Crippen LogP contribution in [0, 0.1) is 0 Å². The molecule has 3 aromatic rings. The lowest BCUT2D eigenvalue weighted by Crippen LogP contribution is -2.18. The number of aromatic amines is 1. The number of hydrogen-bond acceptors (Lipinski definition) is 4. The summed E-state index contributed by atoms with van der Waals surface area (Å²) in [6.07, 6.45) is 5.40. The van der Waals surface area contributed by atoms with Gasteiger partial charge in [0.1, 0.15) is 0 Å². The highest BCUT2D eigenvalue weighted by atomic mass is 35.5. The minimum atomic E-state index is -0.158. The Morgan fingerprint density at radius 3 is 3.08 bits per heavy atom. The largest absolute Gasteiger partial charge is 0.349 e. The normalized spacial score (nSPS) is 17.1. The number of hydrogen-bond donors (Lipinski definition) is 2. The Labute approximate surface area is 156 Å². The molecule has 0 amide bonds. The number of aryl methyl sites for hydroxylation is 1. The summed E-state index contributed by atoms with van der Waals surface area (Å²) in [7, 11) is 0. The average molecular weight is 370 g/mol. The van der Waals surface area contributed by atoms with Gasteiger partial charge in [0, 0.05) is 24.7 Å². The molecule has 2 unspecified atom stereocenters. The van der Waals surface area contributed by atoms with Crippen LogP contribution in [-0.2, 0) is 13.0 Å². The zero-order valence-electron chi connectivity index (χ0n) is 14.4. The number of H-pyrrole nitrogens is 1. The molecule has 0 bridgehead atoms. The molecular formula is C19H20ClN5O. The van der Waals surface area contributed by atoms with E-state index < -0.39 is 0 Å². The first-order chi connectivity index (χ1) is 12.6. The van der Waals surface area contributed by atoms with Crippen molar-refractivity contribution in [3.63, 3.8) is 0 Å². The molecule has 134 valence electrons. The highest BCUT2D eigenvalue weighted by Gasteiger charge is 2.22. The number of fused-ring (bicyclic) bond motifs is 1. The molecule has 2 N–H and O–H groups in total. The molecule has 26 heavy (non-hydrogen) atoms. The van der Waals surface area contributed by atoms with E-state index in [4.69, 9.17) is 11.6 Å². The summed E-state index contributed by atoms with van der Waals surface area (Å²) in [5.41, 5.74) is 3.20. The summed E-state index contributed by atoms with van der Waals surface area (Å²) in [6, 6.07) is 10.1. The summed E-state index contributed by atoms with van der Waals surface area (Å²) >= 11 is 5.91. The van der Waals surface area contributed by atoms with E-state index in [2.05, 4.69) is 38.6 Å². The summed E-state index contributed by atoms with van der Waals surface area (Å²) < 4.78 is 1.76. The number of anilines is 1. The fraction of sp³-hybridized carbons (Fsp3) is 0.316. The van der Waals surface area contributed by atoms with Crippen molar-refractivity contribution in [2.24, 2.45) is 0 Å². The number of nitrogens with zero attached hydrogens (tertiary/aromatic N) is 3. The van der Waals surface area contributed by atoms with Crippen LogP contribution in [0.1, 0.15) is 42.1 Å². The SMILES string of the molecule is CC(Cn1cc(Cl)cn1)c1cc(=O)[nH]c(NC2CCc3ccccc32)n1. The van der Waals surface area contributed by atoms with Crippen molar-refractivity contribution >= 4 is 17.5 Å². The monoisotopic (exact) mass is 369 g/mol. The van der Waals surface area contributed by atoms with Crippen molar-refractivity contribution in [2.75, 3.05) is 5.32 Å². The number of rotatable bonds is 5. The van der Waals surface area contributed by atoms with Gasteiger partial charge in [0.05, 0.1) is 23.0 Å². The third-order valence-electron chi connectivity index (χ3n) is 4.77. The number of nitrogens with one attached hydrogen (secondary N) is 2. The van der Waals surface area contributed by atoms with E-state index >= 15 is 0 Å². The van der Waals surface area contributed by atoms with E-state index in [1.807, 2.05) is 13.0 Å². The van der Waals surface area contributed by atoms with Gasteiger partial charge in [0.25, 0.3) is 5.56 Å². The zero-order valence-corrected chi connectivity index (χ0v) is 15.2. The molecule has 0 spiro atoms. The lowest BCUT2D eigenvalue weighted by atomic mass is 10.1. The first kappa shape index (κ1) is 16.8. The van der Waals surface area contributed by atoms with Crippen LogP contribution in [0.4, 0.5) is 5.95 Å². The molecule has 0 saturated carbocycles. The minimum absolute atomic E-state index is 0.0321. The van der Waals surface area contributed by atoms with Gasteiger partial charge >= 0.3 is 0 Å². The van der Waals surface area contributed by atoms with Gasteiger partial charge in [0.2, 0.25) is 5.95 Å². The van der Waals surface area contributed by atoms with E-state index in [1.165, 1.54) is 11.1 Å². The van der Waals surface area contributed by atoms with Crippen LogP contribution < -0.4 is 10.9 Å². The molecule has 2 heterocycles. The maximum absolute atomic E-state index is 12.1. The molecule has 2 aromatic heterocycles. The zero-order chi connectivity index (χ0) is 18.1. The second-order valence-corrected chi connectivity index (χ2v) is 7.17. The van der Waals surface area contributed by atoms with Crippen molar-refractivity contribution in [1.82, 2.24) is 19.7 Å². The van der Waals surface area contributed by atoms with Crippen molar-refractivity contribution < 1.29 is 0 Å². The molecule has 0 radical (unpaired) electrons. The Morgan fingerprint density at radius 2 is 2.27 bits per heavy atom. The van der Waals surface area contributed by atoms with Crippen LogP contribution in [0.25, 0.3) is 0 Å². The smallest absolute Gasteiger partial charge is 0.252 e. The molecule has 1 aromatic carbocycles. The Bertz CT molecular complexity index is 980. The van der Waals surface area contributed by atoms with Crippen molar-refractivity contribution in [3.05, 3.63) is 74.9 Å². The Hall–Kier alpha value is -2.60. The molecule has 1 aliphatic carbocycles. The van der Waals surface area contributed by atoms with E-state index in [9.17, 15) is 4.79 Å². The Balaban J connectivity index is 1.54. The van der Waals surface area contributed by atoms with E-state index in [0.29, 0.717) is 17.5 Å². The van der Waals surface area contributed by atoms with E-state index in [1.54, 1.807) is 23.1 Å². The van der Waals surface area contributed by atoms with Gasteiger partial charge in [-0.3, -0.25) is 14.5 Å². The molecular weight excluding hydrogens is 350 g/mol. The van der Waals surface area contributed by atoms with Gasteiger partial charge in [0.15, 0.2) is 0 Å². The second kappa shape index (κ2) is 6.96. The summed E-state index contributed by atoms with van der Waals surface area (Å²) in [5.74, 6) is 0.546. The van der Waals surface area contributed by atoms with Gasteiger partial charge in [-0.1, -0.05) is 42.8 Å². The minimum Gasteiger partial charge on any atom is -0.349 e. The molecule has 0 saturated heterocycles. The van der Waals surface area contributed by atoms with Gasteiger partial charge in [-0.05, 0) is 24.0 Å². The maximum Gasteiger partial charge on any atom is 0.252 e.